The minimum atomic E-state index is -1.39. The molecule has 2 aliphatic rings. The van der Waals surface area contributed by atoms with Crippen molar-refractivity contribution in [3.8, 4) is 0 Å². The lowest BCUT2D eigenvalue weighted by atomic mass is 9.79. The molecule has 4 rings (SSSR count). The third kappa shape index (κ3) is 4.36. The Labute approximate surface area is 189 Å². The average Bonchev–Trinajstić information content (AvgIpc) is 3.30. The molecule has 0 unspecified atom stereocenters. The van der Waals surface area contributed by atoms with Gasteiger partial charge in [0.2, 0.25) is 0 Å². The van der Waals surface area contributed by atoms with Crippen molar-refractivity contribution in [2.24, 2.45) is 0 Å². The van der Waals surface area contributed by atoms with Crippen LogP contribution < -0.4 is 0 Å². The molecule has 0 bridgehead atoms. The molecule has 2 aromatic carbocycles. The van der Waals surface area contributed by atoms with Crippen molar-refractivity contribution >= 4 is 0 Å². The zero-order chi connectivity index (χ0) is 22.9. The van der Waals surface area contributed by atoms with Gasteiger partial charge in [-0.2, -0.15) is 0 Å². The van der Waals surface area contributed by atoms with Gasteiger partial charge in [0.1, 0.15) is 30.5 Å². The van der Waals surface area contributed by atoms with Gasteiger partial charge in [-0.05, 0) is 54.0 Å². The summed E-state index contributed by atoms with van der Waals surface area (Å²) in [6.45, 7) is 1.77. The molecule has 1 saturated carbocycles. The zero-order valence-electron chi connectivity index (χ0n) is 18.5. The topological polar surface area (TPSA) is 110 Å². The number of aryl methyl sites for hydroxylation is 1. The fourth-order valence-electron chi connectivity index (χ4n) is 5.22. The van der Waals surface area contributed by atoms with Gasteiger partial charge in [-0.15, -0.1) is 0 Å². The van der Waals surface area contributed by atoms with Crippen LogP contribution in [-0.4, -0.2) is 63.2 Å². The SMILES string of the molecule is Cc1ccc([C@@H]2O[C@H](CO)[C@@H](O)[C@H](O)[C@H]2O)cc1Cc1ccc(C2(CO)CCCC2)cc1. The van der Waals surface area contributed by atoms with Gasteiger partial charge < -0.3 is 30.3 Å². The first-order valence-electron chi connectivity index (χ1n) is 11.5. The quantitative estimate of drug-likeness (QED) is 0.467. The maximum Gasteiger partial charge on any atom is 0.113 e. The van der Waals surface area contributed by atoms with Crippen molar-refractivity contribution in [2.75, 3.05) is 13.2 Å². The van der Waals surface area contributed by atoms with Crippen LogP contribution in [0.5, 0.6) is 0 Å². The molecule has 6 heteroatoms. The van der Waals surface area contributed by atoms with Crippen molar-refractivity contribution in [3.63, 3.8) is 0 Å². The maximum absolute atomic E-state index is 10.5. The molecule has 5 N–H and O–H groups in total. The summed E-state index contributed by atoms with van der Waals surface area (Å²) in [5.74, 6) is 0. The predicted molar refractivity (Wildman–Crippen MR) is 120 cm³/mol. The fourth-order valence-corrected chi connectivity index (χ4v) is 5.22. The molecule has 0 aromatic heterocycles. The van der Waals surface area contributed by atoms with Crippen LogP contribution >= 0.6 is 0 Å². The molecule has 0 spiro atoms. The van der Waals surface area contributed by atoms with Gasteiger partial charge in [0, 0.05) is 5.41 Å². The molecular weight excluding hydrogens is 408 g/mol. The maximum atomic E-state index is 10.5. The molecule has 1 aliphatic carbocycles. The Kier molecular flexibility index (Phi) is 7.00. The number of aliphatic hydroxyl groups is 5. The second-order valence-corrected chi connectivity index (χ2v) is 9.45. The van der Waals surface area contributed by atoms with Gasteiger partial charge in [0.15, 0.2) is 0 Å². The highest BCUT2D eigenvalue weighted by molar-refractivity contribution is 5.38. The van der Waals surface area contributed by atoms with Gasteiger partial charge in [-0.25, -0.2) is 0 Å². The molecule has 0 amide bonds. The van der Waals surface area contributed by atoms with Gasteiger partial charge in [-0.3, -0.25) is 0 Å². The van der Waals surface area contributed by atoms with E-state index in [1.807, 2.05) is 25.1 Å². The molecule has 0 radical (unpaired) electrons. The van der Waals surface area contributed by atoms with Crippen molar-refractivity contribution in [2.45, 2.75) is 75.0 Å². The monoisotopic (exact) mass is 442 g/mol. The van der Waals surface area contributed by atoms with E-state index in [9.17, 15) is 25.5 Å². The summed E-state index contributed by atoms with van der Waals surface area (Å²) in [5.41, 5.74) is 5.12. The molecule has 6 nitrogen and oxygen atoms in total. The summed E-state index contributed by atoms with van der Waals surface area (Å²) in [6, 6.07) is 14.3. The molecule has 2 aromatic rings. The number of ether oxygens (including phenoxy) is 1. The third-order valence-electron chi connectivity index (χ3n) is 7.42. The van der Waals surface area contributed by atoms with E-state index >= 15 is 0 Å². The van der Waals surface area contributed by atoms with E-state index in [-0.39, 0.29) is 12.0 Å². The standard InChI is InChI=1S/C26H34O6/c1-16-4-7-18(25-24(31)23(30)22(29)21(14-27)32-25)13-19(16)12-17-5-8-20(9-6-17)26(15-28)10-2-3-11-26/h4-9,13,21-25,27-31H,2-3,10-12,14-15H2,1H3/t21-,22-,23+,24-,25+/m1/s1. The highest BCUT2D eigenvalue weighted by Crippen LogP contribution is 2.41. The number of aliphatic hydroxyl groups excluding tert-OH is 5. The van der Waals surface area contributed by atoms with Crippen LogP contribution in [0.25, 0.3) is 0 Å². The second-order valence-electron chi connectivity index (χ2n) is 9.45. The fraction of sp³-hybridized carbons (Fsp3) is 0.538. The van der Waals surface area contributed by atoms with Crippen LogP contribution in [0, 0.1) is 6.92 Å². The smallest absolute Gasteiger partial charge is 0.113 e. The lowest BCUT2D eigenvalue weighted by Gasteiger charge is -2.40. The van der Waals surface area contributed by atoms with E-state index in [0.717, 1.165) is 42.4 Å². The van der Waals surface area contributed by atoms with E-state index in [2.05, 4.69) is 24.3 Å². The minimum absolute atomic E-state index is 0.0997. The van der Waals surface area contributed by atoms with Gasteiger partial charge in [0.05, 0.1) is 13.2 Å². The average molecular weight is 443 g/mol. The van der Waals surface area contributed by atoms with E-state index in [1.54, 1.807) is 0 Å². The summed E-state index contributed by atoms with van der Waals surface area (Å²) >= 11 is 0. The summed E-state index contributed by atoms with van der Waals surface area (Å²) < 4.78 is 5.72. The number of hydrogen-bond acceptors (Lipinski definition) is 6. The highest BCUT2D eigenvalue weighted by atomic mass is 16.5. The van der Waals surface area contributed by atoms with Crippen LogP contribution in [0.15, 0.2) is 42.5 Å². The van der Waals surface area contributed by atoms with Crippen LogP contribution in [-0.2, 0) is 16.6 Å². The van der Waals surface area contributed by atoms with Crippen LogP contribution in [0.3, 0.4) is 0 Å². The lowest BCUT2D eigenvalue weighted by Crippen LogP contribution is -2.55. The normalized spacial score (nSPS) is 29.9. The van der Waals surface area contributed by atoms with Crippen LogP contribution in [0.2, 0.25) is 0 Å². The molecule has 5 atom stereocenters. The van der Waals surface area contributed by atoms with Crippen molar-refractivity contribution < 1.29 is 30.3 Å². The van der Waals surface area contributed by atoms with E-state index in [0.29, 0.717) is 12.0 Å². The number of rotatable bonds is 6. The van der Waals surface area contributed by atoms with Crippen LogP contribution in [0.4, 0.5) is 0 Å². The molecule has 174 valence electrons. The summed E-state index contributed by atoms with van der Waals surface area (Å²) in [5, 5.41) is 50.1. The summed E-state index contributed by atoms with van der Waals surface area (Å²) in [6.07, 6.45) is -0.726. The summed E-state index contributed by atoms with van der Waals surface area (Å²) in [7, 11) is 0. The first kappa shape index (κ1) is 23.4. The molecule has 32 heavy (non-hydrogen) atoms. The molecule has 1 heterocycles. The third-order valence-corrected chi connectivity index (χ3v) is 7.42. The molecule has 2 fully saturated rings. The Morgan fingerprint density at radius 2 is 1.59 bits per heavy atom. The largest absolute Gasteiger partial charge is 0.395 e. The first-order valence-corrected chi connectivity index (χ1v) is 11.5. The Balaban J connectivity index is 1.54. The van der Waals surface area contributed by atoms with Crippen molar-refractivity contribution in [3.05, 3.63) is 70.3 Å². The Morgan fingerprint density at radius 3 is 2.22 bits per heavy atom. The number of hydrogen-bond donors (Lipinski definition) is 5. The first-order chi connectivity index (χ1) is 15.4. The Hall–Kier alpha value is -1.80. The van der Waals surface area contributed by atoms with E-state index < -0.39 is 37.1 Å². The molecule has 1 saturated heterocycles. The Morgan fingerprint density at radius 1 is 0.906 bits per heavy atom. The van der Waals surface area contributed by atoms with Gasteiger partial charge >= 0.3 is 0 Å². The zero-order valence-corrected chi connectivity index (χ0v) is 18.5. The van der Waals surface area contributed by atoms with Crippen molar-refractivity contribution in [1.29, 1.82) is 0 Å². The Bertz CT molecular complexity index is 903. The highest BCUT2D eigenvalue weighted by Gasteiger charge is 2.44. The van der Waals surface area contributed by atoms with Crippen LogP contribution in [0.1, 0.15) is 59.6 Å². The van der Waals surface area contributed by atoms with Gasteiger partial charge in [-0.1, -0.05) is 55.3 Å². The van der Waals surface area contributed by atoms with E-state index in [1.165, 1.54) is 5.56 Å². The predicted octanol–water partition coefficient (Wildman–Crippen LogP) is 1.90. The van der Waals surface area contributed by atoms with E-state index in [4.69, 9.17) is 4.74 Å². The summed E-state index contributed by atoms with van der Waals surface area (Å²) in [4.78, 5) is 0. The molecular formula is C26H34O6. The lowest BCUT2D eigenvalue weighted by molar-refractivity contribution is -0.231. The second kappa shape index (κ2) is 9.59. The molecule has 1 aliphatic heterocycles. The van der Waals surface area contributed by atoms with Crippen molar-refractivity contribution in [1.82, 2.24) is 0 Å². The van der Waals surface area contributed by atoms with Gasteiger partial charge in [0.25, 0.3) is 0 Å². The minimum Gasteiger partial charge on any atom is -0.395 e. The number of benzene rings is 2.